The smallest absolute Gasteiger partial charge is 0.335 e. The quantitative estimate of drug-likeness (QED) is 0.237. The Labute approximate surface area is 243 Å². The summed E-state index contributed by atoms with van der Waals surface area (Å²) in [6.07, 6.45) is 4.07. The molecule has 0 bridgehead atoms. The SMILES string of the molecule is CC1CCN(c2ccc(N3C(=S)NC(c4ccccn4)C3c3ccc(-c4cccc(C(=O)O)c4)o3)cc2Cl)CC1. The molecule has 2 saturated heterocycles. The number of carboxylic acid groups (broad SMARTS) is 1. The Hall–Kier alpha value is -3.88. The van der Waals surface area contributed by atoms with Gasteiger partial charge in [-0.2, -0.15) is 0 Å². The van der Waals surface area contributed by atoms with Crippen molar-refractivity contribution in [1.29, 1.82) is 0 Å². The van der Waals surface area contributed by atoms with Gasteiger partial charge < -0.3 is 24.6 Å². The molecule has 7 nitrogen and oxygen atoms in total. The molecule has 2 aromatic heterocycles. The average molecular weight is 573 g/mol. The van der Waals surface area contributed by atoms with Gasteiger partial charge in [0.05, 0.1) is 28.0 Å². The zero-order valence-corrected chi connectivity index (χ0v) is 23.5. The summed E-state index contributed by atoms with van der Waals surface area (Å²) >= 11 is 12.7. The monoisotopic (exact) mass is 572 g/mol. The van der Waals surface area contributed by atoms with Crippen LogP contribution in [0.3, 0.4) is 0 Å². The van der Waals surface area contributed by atoms with Gasteiger partial charge in [-0.05, 0) is 85.6 Å². The molecule has 2 aliphatic rings. The number of hydrogen-bond donors (Lipinski definition) is 2. The Kier molecular flexibility index (Phi) is 7.21. The van der Waals surface area contributed by atoms with Crippen LogP contribution in [0.15, 0.2) is 83.4 Å². The summed E-state index contributed by atoms with van der Waals surface area (Å²) in [6.45, 7) is 4.28. The average Bonchev–Trinajstić information content (AvgIpc) is 3.59. The number of pyridine rings is 1. The minimum absolute atomic E-state index is 0.199. The maximum Gasteiger partial charge on any atom is 0.335 e. The molecule has 2 unspecified atom stereocenters. The van der Waals surface area contributed by atoms with E-state index in [0.717, 1.165) is 48.9 Å². The maximum atomic E-state index is 11.5. The lowest BCUT2D eigenvalue weighted by Gasteiger charge is -2.33. The number of hydrogen-bond acceptors (Lipinski definition) is 5. The molecule has 0 saturated carbocycles. The molecule has 4 aromatic rings. The molecule has 2 atom stereocenters. The number of rotatable bonds is 6. The molecule has 40 heavy (non-hydrogen) atoms. The van der Waals surface area contributed by atoms with Crippen molar-refractivity contribution in [3.05, 3.63) is 101 Å². The highest BCUT2D eigenvalue weighted by atomic mass is 35.5. The van der Waals surface area contributed by atoms with Gasteiger partial charge in [-0.25, -0.2) is 4.79 Å². The van der Waals surface area contributed by atoms with Crippen molar-refractivity contribution in [1.82, 2.24) is 10.3 Å². The number of carboxylic acids is 1. The zero-order valence-electron chi connectivity index (χ0n) is 22.0. The third kappa shape index (κ3) is 5.05. The molecule has 0 radical (unpaired) electrons. The van der Waals surface area contributed by atoms with Crippen LogP contribution < -0.4 is 15.1 Å². The fourth-order valence-electron chi connectivity index (χ4n) is 5.55. The summed E-state index contributed by atoms with van der Waals surface area (Å²) in [5.41, 5.74) is 3.60. The highest BCUT2D eigenvalue weighted by molar-refractivity contribution is 7.80. The summed E-state index contributed by atoms with van der Waals surface area (Å²) in [5.74, 6) is 0.989. The Morgan fingerprint density at radius 2 is 1.90 bits per heavy atom. The Bertz CT molecular complexity index is 1550. The summed E-state index contributed by atoms with van der Waals surface area (Å²) in [4.78, 5) is 20.5. The van der Waals surface area contributed by atoms with Crippen LogP contribution in [-0.4, -0.2) is 34.3 Å². The first kappa shape index (κ1) is 26.3. The van der Waals surface area contributed by atoms with E-state index in [9.17, 15) is 9.90 Å². The molecule has 0 aliphatic carbocycles. The third-order valence-corrected chi connectivity index (χ3v) is 8.36. The number of benzene rings is 2. The minimum Gasteiger partial charge on any atom is -0.478 e. The summed E-state index contributed by atoms with van der Waals surface area (Å²) < 4.78 is 6.40. The van der Waals surface area contributed by atoms with Gasteiger partial charge in [-0.3, -0.25) is 4.98 Å². The van der Waals surface area contributed by atoms with E-state index >= 15 is 0 Å². The molecule has 2 aromatic carbocycles. The summed E-state index contributed by atoms with van der Waals surface area (Å²) in [5, 5.41) is 14.1. The third-order valence-electron chi connectivity index (χ3n) is 7.74. The standard InChI is InChI=1S/C31H29ClN4O3S/c1-19-12-15-35(16-13-19)25-9-8-22(18-23(25)32)36-29(28(34-31(36)40)24-7-2-3-14-33-24)27-11-10-26(39-27)20-5-4-6-21(17-20)30(37)38/h2-11,14,17-19,28-29H,12-13,15-16H2,1H3,(H,34,40)(H,37,38). The van der Waals surface area contributed by atoms with Gasteiger partial charge in [-0.1, -0.05) is 36.7 Å². The maximum absolute atomic E-state index is 11.5. The van der Waals surface area contributed by atoms with Crippen LogP contribution in [0, 0.1) is 5.92 Å². The molecule has 6 rings (SSSR count). The molecule has 2 fully saturated rings. The lowest BCUT2D eigenvalue weighted by molar-refractivity contribution is 0.0697. The van der Waals surface area contributed by atoms with E-state index < -0.39 is 5.97 Å². The highest BCUT2D eigenvalue weighted by Gasteiger charge is 2.43. The summed E-state index contributed by atoms with van der Waals surface area (Å²) in [7, 11) is 0. The van der Waals surface area contributed by atoms with Gasteiger partial charge in [0.15, 0.2) is 5.11 Å². The number of anilines is 2. The van der Waals surface area contributed by atoms with Gasteiger partial charge in [-0.15, -0.1) is 0 Å². The van der Waals surface area contributed by atoms with Gasteiger partial charge in [0, 0.05) is 30.5 Å². The van der Waals surface area contributed by atoms with Crippen LogP contribution in [0.25, 0.3) is 11.3 Å². The zero-order chi connectivity index (χ0) is 27.8. The van der Waals surface area contributed by atoms with Crippen LogP contribution in [-0.2, 0) is 0 Å². The lowest BCUT2D eigenvalue weighted by atomic mass is 9.98. The van der Waals surface area contributed by atoms with Gasteiger partial charge in [0.2, 0.25) is 0 Å². The largest absolute Gasteiger partial charge is 0.478 e. The number of nitrogens with one attached hydrogen (secondary N) is 1. The second kappa shape index (κ2) is 10.9. The normalized spacial score (nSPS) is 19.6. The van der Waals surface area contributed by atoms with E-state index in [1.807, 2.05) is 47.4 Å². The van der Waals surface area contributed by atoms with Crippen molar-refractivity contribution < 1.29 is 14.3 Å². The van der Waals surface area contributed by atoms with Crippen molar-refractivity contribution in [2.75, 3.05) is 22.9 Å². The molecule has 204 valence electrons. The number of aromatic carboxylic acids is 1. The van der Waals surface area contributed by atoms with Crippen molar-refractivity contribution >= 4 is 46.3 Å². The van der Waals surface area contributed by atoms with E-state index in [2.05, 4.69) is 34.3 Å². The van der Waals surface area contributed by atoms with Gasteiger partial charge in [0.1, 0.15) is 17.6 Å². The van der Waals surface area contributed by atoms with Gasteiger partial charge in [0.25, 0.3) is 0 Å². The van der Waals surface area contributed by atoms with E-state index in [0.29, 0.717) is 27.2 Å². The number of thiocarbonyl (C=S) groups is 1. The van der Waals surface area contributed by atoms with Crippen LogP contribution in [0.2, 0.25) is 5.02 Å². The van der Waals surface area contributed by atoms with Crippen LogP contribution in [0.5, 0.6) is 0 Å². The number of aromatic nitrogens is 1. The minimum atomic E-state index is -0.986. The second-order valence-corrected chi connectivity index (χ2v) is 11.2. The van der Waals surface area contributed by atoms with Crippen LogP contribution >= 0.6 is 23.8 Å². The molecule has 0 amide bonds. The van der Waals surface area contributed by atoms with Crippen LogP contribution in [0.4, 0.5) is 11.4 Å². The van der Waals surface area contributed by atoms with Gasteiger partial charge >= 0.3 is 5.97 Å². The number of carbonyl (C=O) groups is 1. The van der Waals surface area contributed by atoms with Crippen molar-refractivity contribution in [2.45, 2.75) is 31.8 Å². The molecule has 0 spiro atoms. The molecular formula is C31H29ClN4O3S. The second-order valence-electron chi connectivity index (χ2n) is 10.4. The summed E-state index contributed by atoms with van der Waals surface area (Å²) in [6, 6.07) is 21.7. The fraction of sp³-hybridized carbons (Fsp3) is 0.258. The first-order chi connectivity index (χ1) is 19.4. The van der Waals surface area contributed by atoms with E-state index in [1.165, 1.54) is 0 Å². The van der Waals surface area contributed by atoms with Crippen LogP contribution in [0.1, 0.15) is 53.7 Å². The van der Waals surface area contributed by atoms with E-state index in [1.54, 1.807) is 24.4 Å². The Balaban J connectivity index is 1.38. The fourth-order valence-corrected chi connectivity index (χ4v) is 6.19. The number of piperidine rings is 1. The molecule has 2 aliphatic heterocycles. The highest BCUT2D eigenvalue weighted by Crippen LogP contribution is 2.44. The lowest BCUT2D eigenvalue weighted by Crippen LogP contribution is -2.33. The molecular weight excluding hydrogens is 544 g/mol. The Morgan fingerprint density at radius 1 is 1.07 bits per heavy atom. The predicted molar refractivity (Wildman–Crippen MR) is 161 cm³/mol. The first-order valence-corrected chi connectivity index (χ1v) is 14.2. The predicted octanol–water partition coefficient (Wildman–Crippen LogP) is 7.11. The Morgan fingerprint density at radius 3 is 2.62 bits per heavy atom. The molecule has 4 heterocycles. The topological polar surface area (TPSA) is 81.8 Å². The number of nitrogens with zero attached hydrogens (tertiary/aromatic N) is 3. The molecule has 2 N–H and O–H groups in total. The van der Waals surface area contributed by atoms with Crippen molar-refractivity contribution in [2.24, 2.45) is 5.92 Å². The molecule has 9 heteroatoms. The van der Waals surface area contributed by atoms with Crippen molar-refractivity contribution in [3.8, 4) is 11.3 Å². The number of halogens is 1. The van der Waals surface area contributed by atoms with Crippen molar-refractivity contribution in [3.63, 3.8) is 0 Å². The van der Waals surface area contributed by atoms with E-state index in [4.69, 9.17) is 28.2 Å². The van der Waals surface area contributed by atoms with E-state index in [-0.39, 0.29) is 17.6 Å². The first-order valence-electron chi connectivity index (χ1n) is 13.4. The number of furan rings is 1.